The number of pyridine rings is 2. The van der Waals surface area contributed by atoms with Gasteiger partial charge in [-0.25, -0.2) is 0 Å². The molecule has 2 heterocycles. The van der Waals surface area contributed by atoms with Gasteiger partial charge in [0.1, 0.15) is 5.56 Å². The monoisotopic (exact) mass is 429 g/mol. The highest BCUT2D eigenvalue weighted by Crippen LogP contribution is 2.31. The molecule has 0 saturated heterocycles. The number of amides is 1. The van der Waals surface area contributed by atoms with Gasteiger partial charge in [0.25, 0.3) is 5.91 Å². The first-order valence-corrected chi connectivity index (χ1v) is 10.2. The summed E-state index contributed by atoms with van der Waals surface area (Å²) in [5, 5.41) is 3.30. The van der Waals surface area contributed by atoms with Crippen LogP contribution in [0, 0.1) is 6.92 Å². The molecule has 0 spiro atoms. The summed E-state index contributed by atoms with van der Waals surface area (Å²) in [6, 6.07) is 21.6. The first-order chi connectivity index (χ1) is 15.0. The van der Waals surface area contributed by atoms with Crippen molar-refractivity contribution in [3.8, 4) is 11.3 Å². The molecular weight excluding hydrogens is 410 g/mol. The zero-order chi connectivity index (χ0) is 21.8. The Morgan fingerprint density at radius 2 is 1.68 bits per heavy atom. The molecule has 1 N–H and O–H groups in total. The highest BCUT2D eigenvalue weighted by molar-refractivity contribution is 6.33. The van der Waals surface area contributed by atoms with E-state index in [9.17, 15) is 9.59 Å². The van der Waals surface area contributed by atoms with Crippen LogP contribution in [-0.4, -0.2) is 15.5 Å². The van der Waals surface area contributed by atoms with E-state index in [1.165, 1.54) is 6.07 Å². The van der Waals surface area contributed by atoms with Gasteiger partial charge in [-0.15, -0.1) is 0 Å². The Morgan fingerprint density at radius 1 is 1.00 bits per heavy atom. The lowest BCUT2D eigenvalue weighted by Gasteiger charge is -2.21. The molecule has 31 heavy (non-hydrogen) atoms. The SMILES string of the molecule is Cc1cc(=O)c(C(=O)Nc2ccccc2)c(-c2ccccc2Cl)n1Cc1ccncc1. The summed E-state index contributed by atoms with van der Waals surface area (Å²) in [7, 11) is 0. The molecule has 0 bridgehead atoms. The number of hydrogen-bond acceptors (Lipinski definition) is 3. The number of aryl methyl sites for hydroxylation is 1. The zero-order valence-corrected chi connectivity index (χ0v) is 17.6. The summed E-state index contributed by atoms with van der Waals surface area (Å²) in [5.74, 6) is -0.477. The lowest BCUT2D eigenvalue weighted by atomic mass is 10.0. The van der Waals surface area contributed by atoms with Crippen molar-refractivity contribution in [2.24, 2.45) is 0 Å². The van der Waals surface area contributed by atoms with E-state index in [1.54, 1.807) is 30.6 Å². The highest BCUT2D eigenvalue weighted by atomic mass is 35.5. The van der Waals surface area contributed by atoms with Gasteiger partial charge in [0.2, 0.25) is 0 Å². The van der Waals surface area contributed by atoms with Crippen molar-refractivity contribution in [1.29, 1.82) is 0 Å². The van der Waals surface area contributed by atoms with Crippen molar-refractivity contribution in [2.45, 2.75) is 13.5 Å². The zero-order valence-electron chi connectivity index (χ0n) is 16.9. The summed E-state index contributed by atoms with van der Waals surface area (Å²) < 4.78 is 1.94. The quantitative estimate of drug-likeness (QED) is 0.475. The van der Waals surface area contributed by atoms with Gasteiger partial charge in [-0.1, -0.05) is 48.0 Å². The summed E-state index contributed by atoms with van der Waals surface area (Å²) in [5.41, 5.74) is 3.14. The van der Waals surface area contributed by atoms with Crippen LogP contribution in [0.1, 0.15) is 21.6 Å². The van der Waals surface area contributed by atoms with Gasteiger partial charge < -0.3 is 9.88 Å². The smallest absolute Gasteiger partial charge is 0.261 e. The van der Waals surface area contributed by atoms with E-state index in [2.05, 4.69) is 10.3 Å². The van der Waals surface area contributed by atoms with Gasteiger partial charge in [0, 0.05) is 47.0 Å². The molecule has 0 saturated carbocycles. The molecule has 6 heteroatoms. The Labute approximate surface area is 185 Å². The van der Waals surface area contributed by atoms with Crippen molar-refractivity contribution < 1.29 is 4.79 Å². The van der Waals surface area contributed by atoms with Crippen LogP contribution < -0.4 is 10.7 Å². The molecule has 4 rings (SSSR count). The fourth-order valence-corrected chi connectivity index (χ4v) is 3.74. The van der Waals surface area contributed by atoms with E-state index in [1.807, 2.05) is 60.0 Å². The molecule has 5 nitrogen and oxygen atoms in total. The van der Waals surface area contributed by atoms with Crippen LogP contribution in [0.2, 0.25) is 5.02 Å². The average molecular weight is 430 g/mol. The molecule has 154 valence electrons. The number of benzene rings is 2. The molecule has 4 aromatic rings. The Morgan fingerprint density at radius 3 is 2.39 bits per heavy atom. The molecule has 2 aromatic heterocycles. The number of nitrogens with zero attached hydrogens (tertiary/aromatic N) is 2. The van der Waals surface area contributed by atoms with E-state index in [0.29, 0.717) is 28.5 Å². The number of carbonyl (C=O) groups excluding carboxylic acids is 1. The summed E-state index contributed by atoms with van der Waals surface area (Å²) >= 11 is 6.52. The third-order valence-electron chi connectivity index (χ3n) is 5.00. The van der Waals surface area contributed by atoms with Gasteiger partial charge in [-0.2, -0.15) is 0 Å². The van der Waals surface area contributed by atoms with Gasteiger partial charge in [-0.05, 0) is 42.8 Å². The van der Waals surface area contributed by atoms with Gasteiger partial charge in [0.05, 0.1) is 5.69 Å². The fraction of sp³-hybridized carbons (Fsp3) is 0.0800. The first-order valence-electron chi connectivity index (χ1n) is 9.79. The number of aromatic nitrogens is 2. The van der Waals surface area contributed by atoms with Gasteiger partial charge in [-0.3, -0.25) is 14.6 Å². The van der Waals surface area contributed by atoms with Crippen LogP contribution >= 0.6 is 11.6 Å². The molecule has 0 unspecified atom stereocenters. The van der Waals surface area contributed by atoms with Gasteiger partial charge in [0.15, 0.2) is 5.43 Å². The molecule has 0 aliphatic carbocycles. The highest BCUT2D eigenvalue weighted by Gasteiger charge is 2.23. The lowest BCUT2D eigenvalue weighted by Crippen LogP contribution is -2.27. The third-order valence-corrected chi connectivity index (χ3v) is 5.33. The second kappa shape index (κ2) is 8.98. The third kappa shape index (κ3) is 4.42. The fourth-order valence-electron chi connectivity index (χ4n) is 3.51. The Hall–Kier alpha value is -3.70. The summed E-state index contributed by atoms with van der Waals surface area (Å²) in [4.78, 5) is 30.4. The normalized spacial score (nSPS) is 10.6. The summed E-state index contributed by atoms with van der Waals surface area (Å²) in [6.07, 6.45) is 3.43. The molecular formula is C25H20ClN3O2. The Balaban J connectivity index is 1.93. The van der Waals surface area contributed by atoms with E-state index >= 15 is 0 Å². The molecule has 0 fully saturated rings. The maximum Gasteiger partial charge on any atom is 0.261 e. The number of carbonyl (C=O) groups is 1. The number of halogens is 1. The second-order valence-corrected chi connectivity index (χ2v) is 7.52. The molecule has 1 amide bonds. The average Bonchev–Trinajstić information content (AvgIpc) is 2.77. The van der Waals surface area contributed by atoms with Crippen LogP contribution in [0.5, 0.6) is 0 Å². The van der Waals surface area contributed by atoms with Crippen molar-refractivity contribution in [1.82, 2.24) is 9.55 Å². The largest absolute Gasteiger partial charge is 0.340 e. The minimum atomic E-state index is -0.477. The topological polar surface area (TPSA) is 64.0 Å². The van der Waals surface area contributed by atoms with Crippen molar-refractivity contribution >= 4 is 23.2 Å². The predicted octanol–water partition coefficient (Wildman–Crippen LogP) is 5.17. The number of para-hydroxylation sites is 1. The van der Waals surface area contributed by atoms with Crippen molar-refractivity contribution in [2.75, 3.05) is 5.32 Å². The summed E-state index contributed by atoms with van der Waals surface area (Å²) in [6.45, 7) is 2.31. The minimum absolute atomic E-state index is 0.0524. The van der Waals surface area contributed by atoms with Crippen LogP contribution in [0.25, 0.3) is 11.3 Å². The van der Waals surface area contributed by atoms with Crippen LogP contribution in [-0.2, 0) is 6.54 Å². The van der Waals surface area contributed by atoms with Crippen molar-refractivity contribution in [3.63, 3.8) is 0 Å². The Bertz CT molecular complexity index is 1290. The molecule has 2 aromatic carbocycles. The maximum absolute atomic E-state index is 13.3. The molecule has 0 atom stereocenters. The number of anilines is 1. The first kappa shape index (κ1) is 20.6. The predicted molar refractivity (Wildman–Crippen MR) is 124 cm³/mol. The van der Waals surface area contributed by atoms with Crippen LogP contribution in [0.15, 0.2) is 90.0 Å². The van der Waals surface area contributed by atoms with Gasteiger partial charge >= 0.3 is 0 Å². The molecule has 0 aliphatic rings. The standard InChI is InChI=1S/C25H20ClN3O2/c1-17-15-22(30)23(25(31)28-19-7-3-2-4-8-19)24(20-9-5-6-10-21(20)26)29(17)16-18-11-13-27-14-12-18/h2-15H,16H2,1H3,(H,28,31). The van der Waals surface area contributed by atoms with E-state index in [4.69, 9.17) is 11.6 Å². The van der Waals surface area contributed by atoms with Crippen LogP contribution in [0.4, 0.5) is 5.69 Å². The second-order valence-electron chi connectivity index (χ2n) is 7.12. The minimum Gasteiger partial charge on any atom is -0.340 e. The Kier molecular flexibility index (Phi) is 5.96. The van der Waals surface area contributed by atoms with E-state index in [-0.39, 0.29) is 11.0 Å². The van der Waals surface area contributed by atoms with E-state index < -0.39 is 5.91 Å². The molecule has 0 aliphatic heterocycles. The lowest BCUT2D eigenvalue weighted by molar-refractivity contribution is 0.102. The number of rotatable bonds is 5. The van der Waals surface area contributed by atoms with Crippen molar-refractivity contribution in [3.05, 3.63) is 117 Å². The number of hydrogen-bond donors (Lipinski definition) is 1. The number of nitrogens with one attached hydrogen (secondary N) is 1. The maximum atomic E-state index is 13.3. The van der Waals surface area contributed by atoms with Crippen LogP contribution in [0.3, 0.4) is 0 Å². The van der Waals surface area contributed by atoms with E-state index in [0.717, 1.165) is 11.3 Å². The molecule has 0 radical (unpaired) electrons.